The molecule has 2 amide bonds. The van der Waals surface area contributed by atoms with E-state index in [-0.39, 0.29) is 12.1 Å². The largest absolute Gasteiger partial charge is 0.383 e. The highest BCUT2D eigenvalue weighted by molar-refractivity contribution is 6.31. The van der Waals surface area contributed by atoms with E-state index >= 15 is 0 Å². The predicted octanol–water partition coefficient (Wildman–Crippen LogP) is 2.97. The van der Waals surface area contributed by atoms with Crippen LogP contribution in [0.5, 0.6) is 0 Å². The van der Waals surface area contributed by atoms with Crippen LogP contribution >= 0.6 is 11.6 Å². The van der Waals surface area contributed by atoms with Crippen molar-refractivity contribution in [3.63, 3.8) is 0 Å². The molecule has 1 aromatic carbocycles. The third-order valence-corrected chi connectivity index (χ3v) is 4.22. The minimum Gasteiger partial charge on any atom is -0.383 e. The molecule has 4 nitrogen and oxygen atoms in total. The summed E-state index contributed by atoms with van der Waals surface area (Å²) in [6, 6.07) is 5.92. The van der Waals surface area contributed by atoms with Crippen molar-refractivity contribution in [2.75, 3.05) is 20.3 Å². The summed E-state index contributed by atoms with van der Waals surface area (Å²) in [6.45, 7) is 3.87. The van der Waals surface area contributed by atoms with Gasteiger partial charge in [-0.3, -0.25) is 0 Å². The molecule has 1 aliphatic rings. The number of carbonyl (C=O) groups is 1. The Hall–Kier alpha value is -1.26. The third kappa shape index (κ3) is 3.44. The summed E-state index contributed by atoms with van der Waals surface area (Å²) in [6.07, 6.45) is 2.05. The van der Waals surface area contributed by atoms with E-state index in [4.69, 9.17) is 16.3 Å². The maximum atomic E-state index is 12.2. The molecule has 1 aliphatic heterocycles. The summed E-state index contributed by atoms with van der Waals surface area (Å²) in [5.41, 5.74) is 2.07. The lowest BCUT2D eigenvalue weighted by molar-refractivity contribution is 0.123. The first-order valence-electron chi connectivity index (χ1n) is 6.91. The van der Waals surface area contributed by atoms with Crippen molar-refractivity contribution in [3.05, 3.63) is 34.3 Å². The van der Waals surface area contributed by atoms with Gasteiger partial charge in [0.05, 0.1) is 12.6 Å². The molecular weight excluding hydrogens is 276 g/mol. The van der Waals surface area contributed by atoms with Gasteiger partial charge in [0.2, 0.25) is 0 Å². The monoisotopic (exact) mass is 296 g/mol. The lowest BCUT2D eigenvalue weighted by Gasteiger charge is -2.24. The van der Waals surface area contributed by atoms with Crippen LogP contribution in [0.3, 0.4) is 0 Å². The second kappa shape index (κ2) is 6.95. The standard InChI is InChI=1S/C15H21ClN2O2/c1-11-12(5-3-7-14(11)16)9-17-15(19)18-8-4-6-13(18)10-20-2/h3,5,7,13H,4,6,8-10H2,1-2H3,(H,17,19). The second-order valence-corrected chi connectivity index (χ2v) is 5.53. The van der Waals surface area contributed by atoms with Crippen LogP contribution in [-0.4, -0.2) is 37.2 Å². The van der Waals surface area contributed by atoms with Crippen molar-refractivity contribution in [1.82, 2.24) is 10.2 Å². The average Bonchev–Trinajstić information content (AvgIpc) is 2.89. The van der Waals surface area contributed by atoms with Gasteiger partial charge in [0.15, 0.2) is 0 Å². The Morgan fingerprint density at radius 1 is 1.55 bits per heavy atom. The van der Waals surface area contributed by atoms with Gasteiger partial charge in [0, 0.05) is 25.2 Å². The molecule has 20 heavy (non-hydrogen) atoms. The molecule has 1 fully saturated rings. The number of hydrogen-bond acceptors (Lipinski definition) is 2. The van der Waals surface area contributed by atoms with Gasteiger partial charge >= 0.3 is 6.03 Å². The fourth-order valence-electron chi connectivity index (χ4n) is 2.58. The Labute approximate surface area is 125 Å². The smallest absolute Gasteiger partial charge is 0.317 e. The van der Waals surface area contributed by atoms with Crippen molar-refractivity contribution in [2.24, 2.45) is 0 Å². The van der Waals surface area contributed by atoms with E-state index < -0.39 is 0 Å². The molecule has 0 aliphatic carbocycles. The lowest BCUT2D eigenvalue weighted by Crippen LogP contribution is -2.44. The van der Waals surface area contributed by atoms with Gasteiger partial charge in [0.25, 0.3) is 0 Å². The molecule has 0 spiro atoms. The van der Waals surface area contributed by atoms with E-state index in [1.807, 2.05) is 30.0 Å². The van der Waals surface area contributed by atoms with E-state index in [2.05, 4.69) is 5.32 Å². The Kier molecular flexibility index (Phi) is 5.26. The van der Waals surface area contributed by atoms with Crippen LogP contribution in [0.4, 0.5) is 4.79 Å². The Morgan fingerprint density at radius 3 is 3.10 bits per heavy atom. The number of likely N-dealkylation sites (tertiary alicyclic amines) is 1. The summed E-state index contributed by atoms with van der Waals surface area (Å²) in [5.74, 6) is 0. The first kappa shape index (κ1) is 15.1. The molecule has 0 radical (unpaired) electrons. The summed E-state index contributed by atoms with van der Waals surface area (Å²) in [7, 11) is 1.67. The highest BCUT2D eigenvalue weighted by atomic mass is 35.5. The summed E-state index contributed by atoms with van der Waals surface area (Å²) >= 11 is 6.08. The second-order valence-electron chi connectivity index (χ2n) is 5.13. The van der Waals surface area contributed by atoms with Gasteiger partial charge in [-0.15, -0.1) is 0 Å². The van der Waals surface area contributed by atoms with Crippen LogP contribution in [0.25, 0.3) is 0 Å². The fraction of sp³-hybridized carbons (Fsp3) is 0.533. The highest BCUT2D eigenvalue weighted by Gasteiger charge is 2.28. The van der Waals surface area contributed by atoms with Gasteiger partial charge in [0.1, 0.15) is 0 Å². The van der Waals surface area contributed by atoms with Gasteiger partial charge in [-0.25, -0.2) is 4.79 Å². The first-order chi connectivity index (χ1) is 9.63. The maximum absolute atomic E-state index is 12.2. The molecule has 0 bridgehead atoms. The Bertz CT molecular complexity index is 479. The van der Waals surface area contributed by atoms with E-state index in [9.17, 15) is 4.79 Å². The van der Waals surface area contributed by atoms with Crippen LogP contribution < -0.4 is 5.32 Å². The molecule has 1 N–H and O–H groups in total. The number of urea groups is 1. The van der Waals surface area contributed by atoms with Crippen LogP contribution in [0.2, 0.25) is 5.02 Å². The number of nitrogens with zero attached hydrogens (tertiary/aromatic N) is 1. The first-order valence-corrected chi connectivity index (χ1v) is 7.28. The number of rotatable bonds is 4. The maximum Gasteiger partial charge on any atom is 0.317 e. The van der Waals surface area contributed by atoms with Crippen LogP contribution in [0.15, 0.2) is 18.2 Å². The van der Waals surface area contributed by atoms with Crippen LogP contribution in [0, 0.1) is 6.92 Å². The normalized spacial score (nSPS) is 18.4. The van der Waals surface area contributed by atoms with E-state index in [0.717, 1.165) is 35.5 Å². The number of methoxy groups -OCH3 is 1. The van der Waals surface area contributed by atoms with Gasteiger partial charge in [-0.05, 0) is 37.0 Å². The predicted molar refractivity (Wildman–Crippen MR) is 80.0 cm³/mol. The quantitative estimate of drug-likeness (QED) is 0.928. The lowest BCUT2D eigenvalue weighted by atomic mass is 10.1. The van der Waals surface area contributed by atoms with Crippen LogP contribution in [0.1, 0.15) is 24.0 Å². The minimum atomic E-state index is -0.0241. The molecule has 5 heteroatoms. The molecule has 0 saturated carbocycles. The van der Waals surface area contributed by atoms with Crippen molar-refractivity contribution >= 4 is 17.6 Å². The van der Waals surface area contributed by atoms with Crippen LogP contribution in [-0.2, 0) is 11.3 Å². The minimum absolute atomic E-state index is 0.0241. The van der Waals surface area contributed by atoms with Gasteiger partial charge in [-0.2, -0.15) is 0 Å². The third-order valence-electron chi connectivity index (χ3n) is 3.81. The molecule has 1 aromatic rings. The molecular formula is C15H21ClN2O2. The zero-order valence-corrected chi connectivity index (χ0v) is 12.7. The number of ether oxygens (including phenoxy) is 1. The Morgan fingerprint density at radius 2 is 2.35 bits per heavy atom. The number of benzene rings is 1. The number of amides is 2. The van der Waals surface area contributed by atoms with Gasteiger partial charge in [-0.1, -0.05) is 23.7 Å². The molecule has 110 valence electrons. The average molecular weight is 297 g/mol. The summed E-state index contributed by atoms with van der Waals surface area (Å²) < 4.78 is 5.16. The van der Waals surface area contributed by atoms with Crippen molar-refractivity contribution in [3.8, 4) is 0 Å². The van der Waals surface area contributed by atoms with Crippen molar-refractivity contribution in [2.45, 2.75) is 32.4 Å². The topological polar surface area (TPSA) is 41.6 Å². The van der Waals surface area contributed by atoms with Crippen molar-refractivity contribution in [1.29, 1.82) is 0 Å². The highest BCUT2D eigenvalue weighted by Crippen LogP contribution is 2.20. The van der Waals surface area contributed by atoms with Crippen molar-refractivity contribution < 1.29 is 9.53 Å². The van der Waals surface area contributed by atoms with Gasteiger partial charge < -0.3 is 15.0 Å². The molecule has 2 rings (SSSR count). The fourth-order valence-corrected chi connectivity index (χ4v) is 2.78. The zero-order valence-electron chi connectivity index (χ0n) is 12.0. The molecule has 1 saturated heterocycles. The molecule has 1 atom stereocenters. The van der Waals surface area contributed by atoms with E-state index in [1.54, 1.807) is 7.11 Å². The molecule has 1 unspecified atom stereocenters. The number of hydrogen-bond donors (Lipinski definition) is 1. The number of carbonyl (C=O) groups excluding carboxylic acids is 1. The number of halogens is 1. The summed E-state index contributed by atoms with van der Waals surface area (Å²) in [4.78, 5) is 14.1. The zero-order chi connectivity index (χ0) is 14.5. The molecule has 0 aromatic heterocycles. The Balaban J connectivity index is 1.93. The van der Waals surface area contributed by atoms with E-state index in [0.29, 0.717) is 13.2 Å². The number of nitrogens with one attached hydrogen (secondary N) is 1. The SMILES string of the molecule is COCC1CCCN1C(=O)NCc1cccc(Cl)c1C. The molecule has 1 heterocycles. The van der Waals surface area contributed by atoms with E-state index in [1.165, 1.54) is 0 Å². The summed E-state index contributed by atoms with van der Waals surface area (Å²) in [5, 5.41) is 3.70.